The number of aromatic nitrogens is 1. The maximum atomic E-state index is 12.9. The van der Waals surface area contributed by atoms with Crippen LogP contribution in [0.3, 0.4) is 0 Å². The minimum Gasteiger partial charge on any atom is -0.353 e. The Bertz CT molecular complexity index is 721. The number of hydrogen-bond acceptors (Lipinski definition) is 5. The van der Waals surface area contributed by atoms with Crippen LogP contribution in [-0.2, 0) is 14.4 Å². The highest BCUT2D eigenvalue weighted by Crippen LogP contribution is 2.42. The van der Waals surface area contributed by atoms with Crippen molar-refractivity contribution in [2.75, 3.05) is 18.4 Å². The fourth-order valence-electron chi connectivity index (χ4n) is 4.74. The van der Waals surface area contributed by atoms with E-state index in [0.717, 1.165) is 38.5 Å². The Balaban J connectivity index is 1.51. The molecule has 1 aliphatic heterocycles. The third kappa shape index (κ3) is 6.27. The molecule has 2 N–H and O–H groups in total. The molecule has 166 valence electrons. The third-order valence-electron chi connectivity index (χ3n) is 6.33. The van der Waals surface area contributed by atoms with Crippen molar-refractivity contribution < 1.29 is 14.4 Å². The number of likely N-dealkylation sites (tertiary alicyclic amines) is 1. The first-order chi connectivity index (χ1) is 14.4. The Hall–Kier alpha value is -1.96. The predicted molar refractivity (Wildman–Crippen MR) is 118 cm³/mol. The molecule has 3 rings (SSSR count). The van der Waals surface area contributed by atoms with Crippen molar-refractivity contribution in [2.24, 2.45) is 11.3 Å². The summed E-state index contributed by atoms with van der Waals surface area (Å²) in [5.41, 5.74) is -0.266. The zero-order valence-electron chi connectivity index (χ0n) is 18.1. The van der Waals surface area contributed by atoms with Gasteiger partial charge >= 0.3 is 0 Å². The Kier molecular flexibility index (Phi) is 7.86. The van der Waals surface area contributed by atoms with Gasteiger partial charge in [-0.2, -0.15) is 0 Å². The number of piperidine rings is 1. The van der Waals surface area contributed by atoms with Gasteiger partial charge in [-0.25, -0.2) is 4.98 Å². The molecule has 1 aliphatic carbocycles. The van der Waals surface area contributed by atoms with Crippen molar-refractivity contribution >= 4 is 34.2 Å². The van der Waals surface area contributed by atoms with E-state index in [2.05, 4.69) is 15.6 Å². The van der Waals surface area contributed by atoms with Gasteiger partial charge in [0.25, 0.3) is 0 Å². The van der Waals surface area contributed by atoms with Gasteiger partial charge in [0, 0.05) is 49.5 Å². The van der Waals surface area contributed by atoms with Crippen LogP contribution in [0, 0.1) is 11.3 Å². The molecule has 0 radical (unpaired) electrons. The number of nitrogens with one attached hydrogen (secondary N) is 2. The van der Waals surface area contributed by atoms with Crippen molar-refractivity contribution in [3.8, 4) is 0 Å². The van der Waals surface area contributed by atoms with Gasteiger partial charge in [0.1, 0.15) is 0 Å². The molecule has 2 fully saturated rings. The molecule has 0 atom stereocenters. The molecule has 30 heavy (non-hydrogen) atoms. The molecule has 1 aromatic rings. The number of hydrogen-bond donors (Lipinski definition) is 2. The van der Waals surface area contributed by atoms with Crippen LogP contribution in [0.1, 0.15) is 71.6 Å². The largest absolute Gasteiger partial charge is 0.353 e. The average molecular weight is 435 g/mol. The highest BCUT2D eigenvalue weighted by Gasteiger charge is 2.37. The molecule has 0 bridgehead atoms. The summed E-state index contributed by atoms with van der Waals surface area (Å²) in [6.45, 7) is 5.24. The monoisotopic (exact) mass is 434 g/mol. The molecule has 2 aliphatic rings. The molecule has 0 spiro atoms. The molecule has 3 amide bonds. The zero-order valence-corrected chi connectivity index (χ0v) is 18.9. The number of carbonyl (C=O) groups is 3. The van der Waals surface area contributed by atoms with Gasteiger partial charge in [-0.05, 0) is 31.1 Å². The van der Waals surface area contributed by atoms with Crippen molar-refractivity contribution in [2.45, 2.75) is 77.7 Å². The summed E-state index contributed by atoms with van der Waals surface area (Å²) in [6.07, 6.45) is 9.12. The first-order valence-electron chi connectivity index (χ1n) is 11.1. The molecule has 2 heterocycles. The summed E-state index contributed by atoms with van der Waals surface area (Å²) < 4.78 is 0. The molecule has 8 heteroatoms. The lowest BCUT2D eigenvalue weighted by molar-refractivity contribution is -0.135. The zero-order chi connectivity index (χ0) is 21.6. The van der Waals surface area contributed by atoms with Crippen LogP contribution in [-0.4, -0.2) is 46.7 Å². The van der Waals surface area contributed by atoms with Crippen LogP contribution in [0.25, 0.3) is 0 Å². The van der Waals surface area contributed by atoms with Crippen molar-refractivity contribution in [1.29, 1.82) is 0 Å². The van der Waals surface area contributed by atoms with Crippen molar-refractivity contribution in [3.63, 3.8) is 0 Å². The Labute approximate surface area is 183 Å². The highest BCUT2D eigenvalue weighted by atomic mass is 32.1. The summed E-state index contributed by atoms with van der Waals surface area (Å²) >= 11 is 1.40. The molecule has 1 aromatic heterocycles. The summed E-state index contributed by atoms with van der Waals surface area (Å²) in [5.74, 6) is 0.178. The topological polar surface area (TPSA) is 91.4 Å². The number of thiazole rings is 1. The average Bonchev–Trinajstić information content (AvgIpc) is 3.21. The second-order valence-corrected chi connectivity index (χ2v) is 10.0. The van der Waals surface area contributed by atoms with Crippen LogP contribution in [0.4, 0.5) is 5.13 Å². The molecule has 0 aromatic carbocycles. The van der Waals surface area contributed by atoms with E-state index in [1.807, 2.05) is 24.1 Å². The van der Waals surface area contributed by atoms with Crippen molar-refractivity contribution in [3.05, 3.63) is 11.6 Å². The van der Waals surface area contributed by atoms with E-state index in [0.29, 0.717) is 31.1 Å². The SMILES string of the molecule is CC(C)C(=O)N1CCC(NC(=O)CC2(CC(=O)Nc3nccs3)CCCCC2)CC1. The van der Waals surface area contributed by atoms with Crippen LogP contribution >= 0.6 is 11.3 Å². The van der Waals surface area contributed by atoms with E-state index in [9.17, 15) is 14.4 Å². The second-order valence-electron chi connectivity index (χ2n) is 9.12. The lowest BCUT2D eigenvalue weighted by Crippen LogP contribution is -2.48. The van der Waals surface area contributed by atoms with Gasteiger partial charge < -0.3 is 15.5 Å². The van der Waals surface area contributed by atoms with Crippen LogP contribution < -0.4 is 10.6 Å². The first-order valence-corrected chi connectivity index (χ1v) is 12.0. The fourth-order valence-corrected chi connectivity index (χ4v) is 5.28. The molecule has 0 unspecified atom stereocenters. The summed E-state index contributed by atoms with van der Waals surface area (Å²) in [6, 6.07) is 0.110. The molecular formula is C22H34N4O3S. The maximum absolute atomic E-state index is 12.9. The van der Waals surface area contributed by atoms with Gasteiger partial charge in [-0.15, -0.1) is 11.3 Å². The number of carbonyl (C=O) groups excluding carboxylic acids is 3. The molecule has 1 saturated heterocycles. The van der Waals surface area contributed by atoms with Crippen LogP contribution in [0.5, 0.6) is 0 Å². The quantitative estimate of drug-likeness (QED) is 0.686. The molecular weight excluding hydrogens is 400 g/mol. The Morgan fingerprint density at radius 2 is 1.80 bits per heavy atom. The van der Waals surface area contributed by atoms with Gasteiger partial charge in [0.05, 0.1) is 0 Å². The van der Waals surface area contributed by atoms with E-state index in [-0.39, 0.29) is 35.1 Å². The standard InChI is InChI=1S/C22H34N4O3S/c1-16(2)20(29)26-11-6-17(7-12-26)24-18(27)14-22(8-4-3-5-9-22)15-19(28)25-21-23-10-13-30-21/h10,13,16-17H,3-9,11-12,14-15H2,1-2H3,(H,24,27)(H,23,25,28). The summed E-state index contributed by atoms with van der Waals surface area (Å²) in [7, 11) is 0. The smallest absolute Gasteiger partial charge is 0.226 e. The van der Waals surface area contributed by atoms with Gasteiger partial charge in [-0.1, -0.05) is 33.1 Å². The summed E-state index contributed by atoms with van der Waals surface area (Å²) in [4.78, 5) is 43.6. The normalized spacial score (nSPS) is 19.5. The number of anilines is 1. The van der Waals surface area contributed by atoms with E-state index in [1.165, 1.54) is 17.8 Å². The number of rotatable bonds is 7. The van der Waals surface area contributed by atoms with Crippen LogP contribution in [0.15, 0.2) is 11.6 Å². The van der Waals surface area contributed by atoms with Crippen LogP contribution in [0.2, 0.25) is 0 Å². The molecule has 7 nitrogen and oxygen atoms in total. The van der Waals surface area contributed by atoms with Gasteiger partial charge in [-0.3, -0.25) is 14.4 Å². The van der Waals surface area contributed by atoms with E-state index < -0.39 is 0 Å². The van der Waals surface area contributed by atoms with E-state index >= 15 is 0 Å². The first kappa shape index (κ1) is 22.7. The number of nitrogens with zero attached hydrogens (tertiary/aromatic N) is 2. The minimum atomic E-state index is -0.266. The highest BCUT2D eigenvalue weighted by molar-refractivity contribution is 7.13. The Morgan fingerprint density at radius 1 is 1.13 bits per heavy atom. The Morgan fingerprint density at radius 3 is 2.40 bits per heavy atom. The van der Waals surface area contributed by atoms with E-state index in [4.69, 9.17) is 0 Å². The lowest BCUT2D eigenvalue weighted by atomic mass is 9.69. The molecule has 1 saturated carbocycles. The van der Waals surface area contributed by atoms with Crippen molar-refractivity contribution in [1.82, 2.24) is 15.2 Å². The third-order valence-corrected chi connectivity index (χ3v) is 7.02. The predicted octanol–water partition coefficient (Wildman–Crippen LogP) is 3.58. The lowest BCUT2D eigenvalue weighted by Gasteiger charge is -2.37. The summed E-state index contributed by atoms with van der Waals surface area (Å²) in [5, 5.41) is 8.49. The minimum absolute atomic E-state index is 0.0119. The number of amides is 3. The van der Waals surface area contributed by atoms with Gasteiger partial charge in [0.15, 0.2) is 5.13 Å². The van der Waals surface area contributed by atoms with E-state index in [1.54, 1.807) is 6.20 Å². The fraction of sp³-hybridized carbons (Fsp3) is 0.727. The second kappa shape index (κ2) is 10.4. The van der Waals surface area contributed by atoms with Gasteiger partial charge in [0.2, 0.25) is 17.7 Å². The maximum Gasteiger partial charge on any atom is 0.226 e.